The maximum absolute atomic E-state index is 15.2. The van der Waals surface area contributed by atoms with Gasteiger partial charge in [0.25, 0.3) is 5.91 Å². The van der Waals surface area contributed by atoms with Crippen molar-refractivity contribution >= 4 is 16.8 Å². The molecule has 2 aromatic carbocycles. The molecule has 0 saturated heterocycles. The minimum absolute atomic E-state index is 0.183. The van der Waals surface area contributed by atoms with Crippen molar-refractivity contribution in [2.45, 2.75) is 20.8 Å². The lowest BCUT2D eigenvalue weighted by Gasteiger charge is -2.11. The average molecular weight is 418 g/mol. The Morgan fingerprint density at radius 3 is 2.68 bits per heavy atom. The van der Waals surface area contributed by atoms with Crippen LogP contribution in [-0.2, 0) is 0 Å². The summed E-state index contributed by atoms with van der Waals surface area (Å²) in [6.07, 6.45) is 1.66. The quantitative estimate of drug-likeness (QED) is 0.467. The lowest BCUT2D eigenvalue weighted by Crippen LogP contribution is -2.22. The summed E-state index contributed by atoms with van der Waals surface area (Å²) in [7, 11) is 0. The first-order chi connectivity index (χ1) is 15.0. The molecule has 0 radical (unpaired) electrons. The van der Waals surface area contributed by atoms with Crippen LogP contribution in [-0.4, -0.2) is 34.2 Å². The fraction of sp³-hybridized carbons (Fsp3) is 0.208. The molecule has 0 bridgehead atoms. The minimum Gasteiger partial charge on any atom is -0.478 e. The molecule has 0 aliphatic heterocycles. The SMILES string of the molecule is CCNC(=O)c1ccc(C)c(-c2cc3[nH]nc(-c4ccc(OCC)nc4)c3cc2F)c1. The predicted molar refractivity (Wildman–Crippen MR) is 119 cm³/mol. The van der Waals surface area contributed by atoms with Crippen molar-refractivity contribution in [1.82, 2.24) is 20.5 Å². The number of aromatic nitrogens is 3. The maximum atomic E-state index is 15.2. The van der Waals surface area contributed by atoms with Gasteiger partial charge in [-0.3, -0.25) is 9.89 Å². The zero-order chi connectivity index (χ0) is 22.0. The smallest absolute Gasteiger partial charge is 0.251 e. The molecule has 7 heteroatoms. The van der Waals surface area contributed by atoms with Crippen molar-refractivity contribution in [2.24, 2.45) is 0 Å². The van der Waals surface area contributed by atoms with Crippen LogP contribution in [0.15, 0.2) is 48.7 Å². The second-order valence-electron chi connectivity index (χ2n) is 7.16. The van der Waals surface area contributed by atoms with Crippen LogP contribution >= 0.6 is 0 Å². The normalized spacial score (nSPS) is 11.0. The van der Waals surface area contributed by atoms with E-state index in [1.165, 1.54) is 6.07 Å². The first-order valence-corrected chi connectivity index (χ1v) is 10.2. The predicted octanol–water partition coefficient (Wildman–Crippen LogP) is 4.89. The number of pyridine rings is 1. The number of fused-ring (bicyclic) bond motifs is 1. The second-order valence-corrected chi connectivity index (χ2v) is 7.16. The molecule has 2 aromatic heterocycles. The Labute approximate surface area is 179 Å². The molecule has 2 heterocycles. The Morgan fingerprint density at radius 2 is 1.97 bits per heavy atom. The molecule has 0 saturated carbocycles. The monoisotopic (exact) mass is 418 g/mol. The van der Waals surface area contributed by atoms with Crippen LogP contribution in [0.1, 0.15) is 29.8 Å². The van der Waals surface area contributed by atoms with E-state index in [2.05, 4.69) is 20.5 Å². The summed E-state index contributed by atoms with van der Waals surface area (Å²) >= 11 is 0. The number of ether oxygens (including phenoxy) is 1. The Balaban J connectivity index is 1.76. The van der Waals surface area contributed by atoms with E-state index in [0.29, 0.717) is 52.3 Å². The minimum atomic E-state index is -0.384. The van der Waals surface area contributed by atoms with Gasteiger partial charge < -0.3 is 10.1 Å². The topological polar surface area (TPSA) is 79.9 Å². The van der Waals surface area contributed by atoms with Gasteiger partial charge in [-0.25, -0.2) is 9.37 Å². The Bertz CT molecular complexity index is 1250. The highest BCUT2D eigenvalue weighted by Crippen LogP contribution is 2.34. The van der Waals surface area contributed by atoms with Crippen LogP contribution in [0.25, 0.3) is 33.3 Å². The van der Waals surface area contributed by atoms with Gasteiger partial charge in [0, 0.05) is 40.9 Å². The molecule has 31 heavy (non-hydrogen) atoms. The number of carbonyl (C=O) groups excluding carboxylic acids is 1. The van der Waals surface area contributed by atoms with Crippen molar-refractivity contribution in [2.75, 3.05) is 13.2 Å². The largest absolute Gasteiger partial charge is 0.478 e. The molecule has 4 aromatic rings. The Hall–Kier alpha value is -3.74. The lowest BCUT2D eigenvalue weighted by atomic mass is 9.96. The van der Waals surface area contributed by atoms with E-state index in [1.807, 2.05) is 32.9 Å². The van der Waals surface area contributed by atoms with Crippen molar-refractivity contribution in [1.29, 1.82) is 0 Å². The molecular weight excluding hydrogens is 395 g/mol. The van der Waals surface area contributed by atoms with E-state index in [-0.39, 0.29) is 11.7 Å². The zero-order valence-electron chi connectivity index (χ0n) is 17.6. The fourth-order valence-corrected chi connectivity index (χ4v) is 3.53. The van der Waals surface area contributed by atoms with Gasteiger partial charge >= 0.3 is 0 Å². The van der Waals surface area contributed by atoms with E-state index in [0.717, 1.165) is 11.1 Å². The molecule has 158 valence electrons. The number of benzene rings is 2. The van der Waals surface area contributed by atoms with Crippen molar-refractivity contribution < 1.29 is 13.9 Å². The Kier molecular flexibility index (Phi) is 5.66. The van der Waals surface area contributed by atoms with Gasteiger partial charge in [0.05, 0.1) is 12.1 Å². The summed E-state index contributed by atoms with van der Waals surface area (Å²) in [5, 5.41) is 10.8. The Morgan fingerprint density at radius 1 is 1.13 bits per heavy atom. The first-order valence-electron chi connectivity index (χ1n) is 10.2. The van der Waals surface area contributed by atoms with Crippen molar-refractivity contribution in [3.05, 3.63) is 65.6 Å². The van der Waals surface area contributed by atoms with Crippen LogP contribution in [0, 0.1) is 12.7 Å². The van der Waals surface area contributed by atoms with E-state index in [4.69, 9.17) is 4.74 Å². The third-order valence-corrected chi connectivity index (χ3v) is 5.08. The highest BCUT2D eigenvalue weighted by molar-refractivity contribution is 5.98. The number of hydrogen-bond acceptors (Lipinski definition) is 4. The van der Waals surface area contributed by atoms with Gasteiger partial charge in [0.2, 0.25) is 5.88 Å². The second kappa shape index (κ2) is 8.55. The summed E-state index contributed by atoms with van der Waals surface area (Å²) < 4.78 is 20.6. The number of rotatable bonds is 6. The summed E-state index contributed by atoms with van der Waals surface area (Å²) in [6, 6.07) is 12.1. The molecule has 2 N–H and O–H groups in total. The van der Waals surface area contributed by atoms with Crippen LogP contribution in [0.2, 0.25) is 0 Å². The van der Waals surface area contributed by atoms with E-state index in [1.54, 1.807) is 30.5 Å². The molecule has 1 amide bonds. The highest BCUT2D eigenvalue weighted by Gasteiger charge is 2.16. The summed E-state index contributed by atoms with van der Waals surface area (Å²) in [5.74, 6) is -0.0377. The van der Waals surface area contributed by atoms with Gasteiger partial charge in [-0.05, 0) is 62.2 Å². The number of nitrogens with one attached hydrogen (secondary N) is 2. The van der Waals surface area contributed by atoms with Gasteiger partial charge in [-0.15, -0.1) is 0 Å². The number of halogens is 1. The molecule has 0 aliphatic carbocycles. The highest BCUT2D eigenvalue weighted by atomic mass is 19.1. The fourth-order valence-electron chi connectivity index (χ4n) is 3.53. The average Bonchev–Trinajstić information content (AvgIpc) is 3.17. The van der Waals surface area contributed by atoms with Gasteiger partial charge in [-0.2, -0.15) is 5.10 Å². The number of carbonyl (C=O) groups is 1. The number of amides is 1. The van der Waals surface area contributed by atoms with Gasteiger partial charge in [-0.1, -0.05) is 6.07 Å². The summed E-state index contributed by atoms with van der Waals surface area (Å²) in [4.78, 5) is 16.5. The van der Waals surface area contributed by atoms with Crippen molar-refractivity contribution in [3.63, 3.8) is 0 Å². The van der Waals surface area contributed by atoms with E-state index in [9.17, 15) is 4.79 Å². The number of H-pyrrole nitrogens is 1. The third kappa shape index (κ3) is 3.99. The van der Waals surface area contributed by atoms with Crippen LogP contribution in [0.4, 0.5) is 4.39 Å². The molecule has 0 fully saturated rings. The zero-order valence-corrected chi connectivity index (χ0v) is 17.6. The van der Waals surface area contributed by atoms with Crippen LogP contribution in [0.5, 0.6) is 5.88 Å². The molecule has 0 aliphatic rings. The van der Waals surface area contributed by atoms with Gasteiger partial charge in [0.15, 0.2) is 0 Å². The van der Waals surface area contributed by atoms with Crippen LogP contribution in [0.3, 0.4) is 0 Å². The molecule has 0 unspecified atom stereocenters. The summed E-state index contributed by atoms with van der Waals surface area (Å²) in [5.41, 5.74) is 4.52. The molecular formula is C24H23FN4O2. The van der Waals surface area contributed by atoms with Crippen molar-refractivity contribution in [3.8, 4) is 28.3 Å². The van der Waals surface area contributed by atoms with E-state index < -0.39 is 0 Å². The number of nitrogens with zero attached hydrogens (tertiary/aromatic N) is 2. The lowest BCUT2D eigenvalue weighted by molar-refractivity contribution is 0.0956. The maximum Gasteiger partial charge on any atom is 0.251 e. The number of aryl methyl sites for hydroxylation is 1. The molecule has 0 spiro atoms. The summed E-state index contributed by atoms with van der Waals surface area (Å²) in [6.45, 7) is 6.71. The molecule has 4 rings (SSSR count). The first kappa shape index (κ1) is 20.5. The number of hydrogen-bond donors (Lipinski definition) is 2. The van der Waals surface area contributed by atoms with Crippen LogP contribution < -0.4 is 10.1 Å². The molecule has 0 atom stereocenters. The standard InChI is InChI=1S/C24H23FN4O2/c1-4-26-24(30)15-7-6-14(3)17(10-15)18-12-21-19(11-20(18)25)23(29-28-21)16-8-9-22(27-13-16)31-5-2/h6-13H,4-5H2,1-3H3,(H,26,30)(H,28,29). The third-order valence-electron chi connectivity index (χ3n) is 5.08. The molecule has 6 nitrogen and oxygen atoms in total. The van der Waals surface area contributed by atoms with E-state index >= 15 is 4.39 Å². The van der Waals surface area contributed by atoms with Gasteiger partial charge in [0.1, 0.15) is 11.5 Å². The number of aromatic amines is 1.